The fourth-order valence-corrected chi connectivity index (χ4v) is 1.94. The third-order valence-corrected chi connectivity index (χ3v) is 3.11. The van der Waals surface area contributed by atoms with Gasteiger partial charge in [0.15, 0.2) is 0 Å². The third-order valence-electron chi connectivity index (χ3n) is 2.50. The molecule has 1 heterocycles. The van der Waals surface area contributed by atoms with E-state index in [9.17, 15) is 4.39 Å². The Morgan fingerprint density at radius 2 is 2.17 bits per heavy atom. The molecule has 0 bridgehead atoms. The zero-order chi connectivity index (χ0) is 13.1. The molecule has 0 saturated heterocycles. The highest BCUT2D eigenvalue weighted by molar-refractivity contribution is 9.10. The highest BCUT2D eigenvalue weighted by atomic mass is 79.9. The molecule has 0 aliphatic heterocycles. The van der Waals surface area contributed by atoms with Gasteiger partial charge in [0.2, 0.25) is 0 Å². The summed E-state index contributed by atoms with van der Waals surface area (Å²) in [5, 5.41) is 3.14. The van der Waals surface area contributed by atoms with Crippen molar-refractivity contribution in [2.45, 2.75) is 13.5 Å². The van der Waals surface area contributed by atoms with Crippen LogP contribution in [-0.4, -0.2) is 4.98 Å². The van der Waals surface area contributed by atoms with Crippen LogP contribution in [0.4, 0.5) is 15.8 Å². The van der Waals surface area contributed by atoms with E-state index in [0.29, 0.717) is 22.4 Å². The summed E-state index contributed by atoms with van der Waals surface area (Å²) in [7, 11) is 0. The number of rotatable bonds is 3. The molecule has 1 aromatic heterocycles. The van der Waals surface area contributed by atoms with E-state index in [1.807, 2.05) is 25.1 Å². The topological polar surface area (TPSA) is 50.9 Å². The maximum absolute atomic E-state index is 13.2. The second-order valence-electron chi connectivity index (χ2n) is 3.98. The van der Waals surface area contributed by atoms with Crippen molar-refractivity contribution < 1.29 is 4.39 Å². The standard InChI is InChI=1S/C13H13BrFN3/c1-8-3-2-4-9(18-8)7-17-13-5-10(14)11(15)6-12(13)16/h2-6,17H,7,16H2,1H3. The lowest BCUT2D eigenvalue weighted by Gasteiger charge is -2.10. The molecule has 18 heavy (non-hydrogen) atoms. The highest BCUT2D eigenvalue weighted by Crippen LogP contribution is 2.26. The summed E-state index contributed by atoms with van der Waals surface area (Å²) in [6, 6.07) is 8.72. The molecule has 3 nitrogen and oxygen atoms in total. The maximum Gasteiger partial charge on any atom is 0.139 e. The zero-order valence-corrected chi connectivity index (χ0v) is 11.5. The van der Waals surface area contributed by atoms with Crippen LogP contribution in [0.5, 0.6) is 0 Å². The average molecular weight is 310 g/mol. The monoisotopic (exact) mass is 309 g/mol. The minimum atomic E-state index is -0.369. The molecule has 0 aliphatic carbocycles. The van der Waals surface area contributed by atoms with Gasteiger partial charge >= 0.3 is 0 Å². The third kappa shape index (κ3) is 2.98. The van der Waals surface area contributed by atoms with Gasteiger partial charge in [-0.25, -0.2) is 4.39 Å². The smallest absolute Gasteiger partial charge is 0.139 e. The number of anilines is 2. The predicted octanol–water partition coefficient (Wildman–Crippen LogP) is 3.49. The quantitative estimate of drug-likeness (QED) is 0.853. The van der Waals surface area contributed by atoms with E-state index in [1.165, 1.54) is 6.07 Å². The average Bonchev–Trinajstić information content (AvgIpc) is 2.32. The van der Waals surface area contributed by atoms with E-state index in [4.69, 9.17) is 5.73 Å². The number of hydrogen-bond donors (Lipinski definition) is 2. The Bertz CT molecular complexity index is 572. The lowest BCUT2D eigenvalue weighted by Crippen LogP contribution is -2.05. The number of aromatic nitrogens is 1. The molecule has 0 spiro atoms. The molecule has 0 atom stereocenters. The van der Waals surface area contributed by atoms with Crippen LogP contribution in [-0.2, 0) is 6.54 Å². The Labute approximate surface area is 113 Å². The van der Waals surface area contributed by atoms with Crippen molar-refractivity contribution in [3.05, 3.63) is 52.0 Å². The van der Waals surface area contributed by atoms with Crippen molar-refractivity contribution in [3.63, 3.8) is 0 Å². The molecule has 3 N–H and O–H groups in total. The van der Waals surface area contributed by atoms with E-state index in [0.717, 1.165) is 11.4 Å². The van der Waals surface area contributed by atoms with Crippen LogP contribution in [0.15, 0.2) is 34.8 Å². The van der Waals surface area contributed by atoms with Crippen LogP contribution in [0.25, 0.3) is 0 Å². The lowest BCUT2D eigenvalue weighted by molar-refractivity contribution is 0.622. The molecule has 94 valence electrons. The zero-order valence-electron chi connectivity index (χ0n) is 9.87. The number of aryl methyl sites for hydroxylation is 1. The van der Waals surface area contributed by atoms with E-state index < -0.39 is 0 Å². The van der Waals surface area contributed by atoms with Crippen molar-refractivity contribution in [3.8, 4) is 0 Å². The van der Waals surface area contributed by atoms with Crippen molar-refractivity contribution in [1.29, 1.82) is 0 Å². The number of halogens is 2. The second kappa shape index (κ2) is 5.35. The van der Waals surface area contributed by atoms with Crippen molar-refractivity contribution in [1.82, 2.24) is 4.98 Å². The normalized spacial score (nSPS) is 10.4. The summed E-state index contributed by atoms with van der Waals surface area (Å²) in [6.07, 6.45) is 0. The number of benzene rings is 1. The Morgan fingerprint density at radius 1 is 1.39 bits per heavy atom. The number of hydrogen-bond acceptors (Lipinski definition) is 3. The summed E-state index contributed by atoms with van der Waals surface area (Å²) in [5.74, 6) is -0.369. The number of nitrogen functional groups attached to an aromatic ring is 1. The maximum atomic E-state index is 13.2. The number of nitrogens with two attached hydrogens (primary N) is 1. The van der Waals surface area contributed by atoms with Gasteiger partial charge in [-0.15, -0.1) is 0 Å². The fraction of sp³-hybridized carbons (Fsp3) is 0.154. The number of nitrogens with one attached hydrogen (secondary N) is 1. The van der Waals surface area contributed by atoms with E-state index in [1.54, 1.807) is 6.07 Å². The van der Waals surface area contributed by atoms with Crippen LogP contribution in [0.3, 0.4) is 0 Å². The second-order valence-corrected chi connectivity index (χ2v) is 4.83. The Morgan fingerprint density at radius 3 is 2.89 bits per heavy atom. The molecule has 0 unspecified atom stereocenters. The first-order valence-electron chi connectivity index (χ1n) is 5.47. The molecule has 0 amide bonds. The molecular weight excluding hydrogens is 297 g/mol. The van der Waals surface area contributed by atoms with Gasteiger partial charge in [-0.05, 0) is 41.1 Å². The van der Waals surface area contributed by atoms with Crippen LogP contribution in [0.1, 0.15) is 11.4 Å². The van der Waals surface area contributed by atoms with Gasteiger partial charge in [-0.1, -0.05) is 6.07 Å². The SMILES string of the molecule is Cc1cccc(CNc2cc(Br)c(F)cc2N)n1. The molecular formula is C13H13BrFN3. The van der Waals surface area contributed by atoms with Crippen LogP contribution < -0.4 is 11.1 Å². The minimum Gasteiger partial charge on any atom is -0.397 e. The van der Waals surface area contributed by atoms with Crippen molar-refractivity contribution in [2.24, 2.45) is 0 Å². The largest absolute Gasteiger partial charge is 0.397 e. The van der Waals surface area contributed by atoms with Crippen LogP contribution >= 0.6 is 15.9 Å². The summed E-state index contributed by atoms with van der Waals surface area (Å²) in [4.78, 5) is 4.37. The van der Waals surface area contributed by atoms with Gasteiger partial charge in [0.25, 0.3) is 0 Å². The van der Waals surface area contributed by atoms with Crippen molar-refractivity contribution in [2.75, 3.05) is 11.1 Å². The molecule has 0 fully saturated rings. The summed E-state index contributed by atoms with van der Waals surface area (Å²) in [6.45, 7) is 2.48. The first kappa shape index (κ1) is 12.8. The van der Waals surface area contributed by atoms with Gasteiger partial charge in [0.05, 0.1) is 28.1 Å². The first-order chi connectivity index (χ1) is 8.56. The van der Waals surface area contributed by atoms with Crippen molar-refractivity contribution >= 4 is 27.3 Å². The van der Waals surface area contributed by atoms with Gasteiger partial charge in [-0.3, -0.25) is 4.98 Å². The van der Waals surface area contributed by atoms with E-state index in [2.05, 4.69) is 26.2 Å². The molecule has 0 radical (unpaired) electrons. The van der Waals surface area contributed by atoms with Gasteiger partial charge < -0.3 is 11.1 Å². The Balaban J connectivity index is 2.13. The van der Waals surface area contributed by atoms with Gasteiger partial charge in [0, 0.05) is 11.8 Å². The Hall–Kier alpha value is -1.62. The molecule has 1 aromatic carbocycles. The fourth-order valence-electron chi connectivity index (χ4n) is 1.60. The summed E-state index contributed by atoms with van der Waals surface area (Å²) >= 11 is 3.13. The summed E-state index contributed by atoms with van der Waals surface area (Å²) in [5.41, 5.74) is 8.68. The van der Waals surface area contributed by atoms with E-state index in [-0.39, 0.29) is 5.82 Å². The number of pyridine rings is 1. The van der Waals surface area contributed by atoms with Crippen LogP contribution in [0, 0.1) is 12.7 Å². The molecule has 0 saturated carbocycles. The highest BCUT2D eigenvalue weighted by Gasteiger charge is 2.05. The molecule has 5 heteroatoms. The lowest BCUT2D eigenvalue weighted by atomic mass is 10.2. The molecule has 2 aromatic rings. The van der Waals surface area contributed by atoms with Gasteiger partial charge in [-0.2, -0.15) is 0 Å². The summed E-state index contributed by atoms with van der Waals surface area (Å²) < 4.78 is 13.6. The first-order valence-corrected chi connectivity index (χ1v) is 6.26. The predicted molar refractivity (Wildman–Crippen MR) is 74.8 cm³/mol. The Kier molecular flexibility index (Phi) is 3.81. The van der Waals surface area contributed by atoms with Crippen LogP contribution in [0.2, 0.25) is 0 Å². The number of nitrogens with zero attached hydrogens (tertiary/aromatic N) is 1. The molecule has 0 aliphatic rings. The molecule has 2 rings (SSSR count). The van der Waals surface area contributed by atoms with Gasteiger partial charge in [0.1, 0.15) is 5.82 Å². The van der Waals surface area contributed by atoms with E-state index >= 15 is 0 Å². The minimum absolute atomic E-state index is 0.369.